The predicted molar refractivity (Wildman–Crippen MR) is 104 cm³/mol. The van der Waals surface area contributed by atoms with Crippen molar-refractivity contribution in [3.8, 4) is 17.2 Å². The van der Waals surface area contributed by atoms with Gasteiger partial charge < -0.3 is 24.3 Å². The predicted octanol–water partition coefficient (Wildman–Crippen LogP) is 3.00. The van der Waals surface area contributed by atoms with Crippen molar-refractivity contribution in [1.29, 1.82) is 0 Å². The maximum absolute atomic E-state index is 13.8. The molecule has 0 saturated heterocycles. The second kappa shape index (κ2) is 8.64. The molecular weight excluding hydrogens is 397 g/mol. The molecule has 30 heavy (non-hydrogen) atoms. The van der Waals surface area contributed by atoms with E-state index in [0.29, 0.717) is 0 Å². The van der Waals surface area contributed by atoms with Gasteiger partial charge in [0.1, 0.15) is 23.1 Å². The van der Waals surface area contributed by atoms with E-state index in [0.717, 1.165) is 0 Å². The number of hydrogen-bond acceptors (Lipinski definition) is 6. The molecule has 0 spiro atoms. The van der Waals surface area contributed by atoms with Crippen molar-refractivity contribution in [2.24, 2.45) is 0 Å². The molecule has 1 amide bonds. The van der Waals surface area contributed by atoms with Gasteiger partial charge in [-0.05, 0) is 38.1 Å². The highest BCUT2D eigenvalue weighted by Gasteiger charge is 2.17. The van der Waals surface area contributed by atoms with Crippen LogP contribution in [0.5, 0.6) is 17.2 Å². The summed E-state index contributed by atoms with van der Waals surface area (Å²) in [5.74, 6) is -2.25. The molecule has 8 nitrogen and oxygen atoms in total. The minimum absolute atomic E-state index is 0.103. The number of amides is 1. The quantitative estimate of drug-likeness (QED) is 0.609. The Balaban J connectivity index is 1.81. The Morgan fingerprint density at radius 1 is 1.23 bits per heavy atom. The molecule has 1 unspecified atom stereocenters. The number of halogens is 1. The number of ether oxygens (including phenoxy) is 2. The summed E-state index contributed by atoms with van der Waals surface area (Å²) in [5, 5.41) is 11.2. The van der Waals surface area contributed by atoms with Crippen molar-refractivity contribution in [3.63, 3.8) is 0 Å². The summed E-state index contributed by atoms with van der Waals surface area (Å²) in [7, 11) is 0. The largest absolute Gasteiger partial charge is 0.484 e. The van der Waals surface area contributed by atoms with Gasteiger partial charge >= 0.3 is 5.97 Å². The molecule has 1 aromatic heterocycles. The minimum atomic E-state index is -1.17. The lowest BCUT2D eigenvalue weighted by molar-refractivity contribution is -0.141. The van der Waals surface area contributed by atoms with Crippen molar-refractivity contribution >= 4 is 22.8 Å². The Bertz CT molecular complexity index is 1170. The highest BCUT2D eigenvalue weighted by Crippen LogP contribution is 2.28. The van der Waals surface area contributed by atoms with Crippen LogP contribution in [0, 0.1) is 12.7 Å². The molecule has 0 bridgehead atoms. The number of carbonyl (C=O) groups excluding carboxylic acids is 1. The van der Waals surface area contributed by atoms with Gasteiger partial charge in [-0.25, -0.2) is 4.39 Å². The number of nitrogens with one attached hydrogen (secondary N) is 1. The van der Waals surface area contributed by atoms with E-state index in [1.807, 2.05) is 0 Å². The fourth-order valence-corrected chi connectivity index (χ4v) is 2.61. The summed E-state index contributed by atoms with van der Waals surface area (Å²) in [6.45, 7) is 2.42. The molecule has 2 N–H and O–H groups in total. The summed E-state index contributed by atoms with van der Waals surface area (Å²) in [6, 6.07) is 8.94. The fourth-order valence-electron chi connectivity index (χ4n) is 2.61. The van der Waals surface area contributed by atoms with Gasteiger partial charge in [-0.3, -0.25) is 14.4 Å². The van der Waals surface area contributed by atoms with E-state index < -0.39 is 35.8 Å². The van der Waals surface area contributed by atoms with E-state index in [9.17, 15) is 18.8 Å². The summed E-state index contributed by atoms with van der Waals surface area (Å²) in [6.07, 6.45) is 0. The number of carboxylic acids is 1. The summed E-state index contributed by atoms with van der Waals surface area (Å²) < 4.78 is 30.2. The zero-order valence-electron chi connectivity index (χ0n) is 16.1. The number of benzene rings is 2. The van der Waals surface area contributed by atoms with Crippen LogP contribution in [0.3, 0.4) is 0 Å². The first kappa shape index (κ1) is 20.8. The fraction of sp³-hybridized carbons (Fsp3) is 0.190. The Hall–Kier alpha value is -3.88. The lowest BCUT2D eigenvalue weighted by atomic mass is 10.2. The molecule has 0 aliphatic carbocycles. The number of rotatable bonds is 7. The van der Waals surface area contributed by atoms with Crippen LogP contribution in [0.2, 0.25) is 0 Å². The van der Waals surface area contributed by atoms with Gasteiger partial charge in [0.15, 0.2) is 18.2 Å². The molecule has 0 aliphatic heterocycles. The second-order valence-corrected chi connectivity index (χ2v) is 6.42. The number of hydrogen-bond donors (Lipinski definition) is 2. The SMILES string of the molecule is Cc1oc2cc(OCC(=O)NC(C)C(=O)O)ccc2c(=O)c1Oc1ccccc1F. The van der Waals surface area contributed by atoms with Crippen LogP contribution in [0.25, 0.3) is 11.0 Å². The Labute approximate surface area is 169 Å². The monoisotopic (exact) mass is 415 g/mol. The van der Waals surface area contributed by atoms with Gasteiger partial charge in [0, 0.05) is 6.07 Å². The van der Waals surface area contributed by atoms with Crippen molar-refractivity contribution < 1.29 is 33.0 Å². The van der Waals surface area contributed by atoms with E-state index in [1.54, 1.807) is 6.07 Å². The first-order valence-electron chi connectivity index (χ1n) is 8.91. The zero-order valence-corrected chi connectivity index (χ0v) is 16.1. The Morgan fingerprint density at radius 2 is 1.97 bits per heavy atom. The molecule has 3 rings (SSSR count). The minimum Gasteiger partial charge on any atom is -0.484 e. The smallest absolute Gasteiger partial charge is 0.325 e. The topological polar surface area (TPSA) is 115 Å². The van der Waals surface area contributed by atoms with Crippen LogP contribution in [0.4, 0.5) is 4.39 Å². The van der Waals surface area contributed by atoms with Gasteiger partial charge in [-0.15, -0.1) is 0 Å². The molecule has 2 aromatic carbocycles. The number of carbonyl (C=O) groups is 2. The summed E-state index contributed by atoms with van der Waals surface area (Å²) >= 11 is 0. The van der Waals surface area contributed by atoms with Crippen LogP contribution >= 0.6 is 0 Å². The first-order chi connectivity index (χ1) is 14.3. The normalized spacial score (nSPS) is 11.7. The van der Waals surface area contributed by atoms with Gasteiger partial charge in [0.2, 0.25) is 11.2 Å². The molecular formula is C21H18FNO7. The number of aliphatic carboxylic acids is 1. The second-order valence-electron chi connectivity index (χ2n) is 6.42. The van der Waals surface area contributed by atoms with Crippen LogP contribution < -0.4 is 20.2 Å². The van der Waals surface area contributed by atoms with Crippen molar-refractivity contribution in [2.75, 3.05) is 6.61 Å². The van der Waals surface area contributed by atoms with Crippen molar-refractivity contribution in [2.45, 2.75) is 19.9 Å². The zero-order chi connectivity index (χ0) is 21.8. The lowest BCUT2D eigenvalue weighted by Crippen LogP contribution is -2.40. The van der Waals surface area contributed by atoms with E-state index in [4.69, 9.17) is 19.0 Å². The highest BCUT2D eigenvalue weighted by molar-refractivity contribution is 5.84. The summed E-state index contributed by atoms with van der Waals surface area (Å²) in [5.41, 5.74) is -0.299. The summed E-state index contributed by atoms with van der Waals surface area (Å²) in [4.78, 5) is 35.2. The third-order valence-corrected chi connectivity index (χ3v) is 4.15. The van der Waals surface area contributed by atoms with E-state index in [1.165, 1.54) is 50.2 Å². The van der Waals surface area contributed by atoms with Crippen LogP contribution in [0.15, 0.2) is 51.7 Å². The molecule has 0 radical (unpaired) electrons. The third kappa shape index (κ3) is 4.57. The van der Waals surface area contributed by atoms with Gasteiger partial charge in [0.25, 0.3) is 5.91 Å². The van der Waals surface area contributed by atoms with E-state index in [2.05, 4.69) is 5.32 Å². The number of para-hydroxylation sites is 1. The van der Waals surface area contributed by atoms with Crippen LogP contribution in [-0.4, -0.2) is 29.6 Å². The average Bonchev–Trinajstić information content (AvgIpc) is 2.70. The molecule has 0 saturated carbocycles. The number of carboxylic acid groups (broad SMARTS) is 1. The van der Waals surface area contributed by atoms with Crippen LogP contribution in [-0.2, 0) is 9.59 Å². The molecule has 156 valence electrons. The third-order valence-electron chi connectivity index (χ3n) is 4.15. The first-order valence-corrected chi connectivity index (χ1v) is 8.91. The standard InChI is InChI=1S/C21H18FNO7/c1-11(21(26)27)23-18(24)10-28-13-7-8-14-17(9-13)29-12(2)20(19(14)25)30-16-6-4-3-5-15(16)22/h3-9,11H,10H2,1-2H3,(H,23,24)(H,26,27). The van der Waals surface area contributed by atoms with E-state index >= 15 is 0 Å². The lowest BCUT2D eigenvalue weighted by Gasteiger charge is -2.12. The molecule has 9 heteroatoms. The molecule has 1 heterocycles. The van der Waals surface area contributed by atoms with Gasteiger partial charge in [0.05, 0.1) is 5.39 Å². The maximum Gasteiger partial charge on any atom is 0.325 e. The van der Waals surface area contributed by atoms with Gasteiger partial charge in [-0.1, -0.05) is 12.1 Å². The molecule has 1 atom stereocenters. The molecule has 0 fully saturated rings. The van der Waals surface area contributed by atoms with E-state index in [-0.39, 0.29) is 34.0 Å². The highest BCUT2D eigenvalue weighted by atomic mass is 19.1. The Kier molecular flexibility index (Phi) is 6.01. The molecule has 0 aliphatic rings. The molecule has 3 aromatic rings. The maximum atomic E-state index is 13.8. The van der Waals surface area contributed by atoms with Crippen LogP contribution in [0.1, 0.15) is 12.7 Å². The van der Waals surface area contributed by atoms with Gasteiger partial charge in [-0.2, -0.15) is 0 Å². The average molecular weight is 415 g/mol. The van der Waals surface area contributed by atoms with Crippen molar-refractivity contribution in [3.05, 3.63) is 64.3 Å². The Morgan fingerprint density at radius 3 is 2.67 bits per heavy atom. The van der Waals surface area contributed by atoms with Crippen molar-refractivity contribution in [1.82, 2.24) is 5.32 Å². The number of fused-ring (bicyclic) bond motifs is 1. The number of aryl methyl sites for hydroxylation is 1.